The van der Waals surface area contributed by atoms with E-state index in [1.165, 1.54) is 20.4 Å². The molecular formula is C31H34N8O4. The van der Waals surface area contributed by atoms with Gasteiger partial charge < -0.3 is 15.8 Å². The number of fused-ring (bicyclic) bond motifs is 1. The van der Waals surface area contributed by atoms with Crippen molar-refractivity contribution in [3.8, 4) is 11.4 Å². The van der Waals surface area contributed by atoms with E-state index in [0.717, 1.165) is 0 Å². The van der Waals surface area contributed by atoms with E-state index < -0.39 is 17.4 Å². The first-order valence-electron chi connectivity index (χ1n) is 13.7. The van der Waals surface area contributed by atoms with Crippen molar-refractivity contribution < 1.29 is 14.3 Å². The molecule has 0 fully saturated rings. The molecular weight excluding hydrogens is 548 g/mol. The predicted octanol–water partition coefficient (Wildman–Crippen LogP) is 5.20. The largest absolute Gasteiger partial charge is 0.443 e. The predicted molar refractivity (Wildman–Crippen MR) is 167 cm³/mol. The lowest BCUT2D eigenvalue weighted by molar-refractivity contribution is 0.0589. The van der Waals surface area contributed by atoms with Gasteiger partial charge in [0.1, 0.15) is 23.3 Å². The number of aromatic nitrogens is 5. The van der Waals surface area contributed by atoms with Gasteiger partial charge in [-0.2, -0.15) is 0 Å². The molecule has 5 aromatic rings. The van der Waals surface area contributed by atoms with Crippen molar-refractivity contribution >= 4 is 40.5 Å². The number of ether oxygens (including phenoxy) is 1. The summed E-state index contributed by atoms with van der Waals surface area (Å²) in [5.41, 5.74) is 7.46. The number of imidazole rings is 1. The summed E-state index contributed by atoms with van der Waals surface area (Å²) in [5.74, 6) is 0.175. The van der Waals surface area contributed by atoms with Gasteiger partial charge in [0, 0.05) is 24.5 Å². The first-order chi connectivity index (χ1) is 20.5. The molecule has 0 aliphatic rings. The Morgan fingerprint density at radius 3 is 2.28 bits per heavy atom. The Morgan fingerprint density at radius 2 is 1.63 bits per heavy atom. The molecule has 222 valence electrons. The fourth-order valence-corrected chi connectivity index (χ4v) is 4.18. The molecule has 0 saturated heterocycles. The van der Waals surface area contributed by atoms with Crippen LogP contribution in [0, 0.1) is 0 Å². The van der Waals surface area contributed by atoms with Gasteiger partial charge in [0.05, 0.1) is 11.4 Å². The Labute approximate surface area is 248 Å². The molecule has 0 saturated carbocycles. The van der Waals surface area contributed by atoms with Gasteiger partial charge in [0.15, 0.2) is 11.5 Å². The van der Waals surface area contributed by atoms with Crippen LogP contribution in [0.15, 0.2) is 84.0 Å². The normalized spacial score (nSPS) is 10.9. The topological polar surface area (TPSA) is 150 Å². The molecule has 0 aliphatic carbocycles. The summed E-state index contributed by atoms with van der Waals surface area (Å²) in [6, 6.07) is 18.5. The fourth-order valence-electron chi connectivity index (χ4n) is 4.18. The summed E-state index contributed by atoms with van der Waals surface area (Å²) in [6.45, 7) is 9.35. The highest BCUT2D eigenvalue weighted by molar-refractivity contribution is 6.03. The molecule has 5 rings (SSSR count). The van der Waals surface area contributed by atoms with Gasteiger partial charge in [-0.3, -0.25) is 14.3 Å². The van der Waals surface area contributed by atoms with E-state index in [2.05, 4.69) is 20.3 Å². The highest BCUT2D eigenvalue weighted by atomic mass is 16.6. The van der Waals surface area contributed by atoms with Crippen molar-refractivity contribution in [2.75, 3.05) is 23.0 Å². The number of hydrogen-bond donors (Lipinski definition) is 2. The van der Waals surface area contributed by atoms with Crippen molar-refractivity contribution in [1.29, 1.82) is 0 Å². The van der Waals surface area contributed by atoms with Crippen LogP contribution in [0.2, 0.25) is 0 Å². The Balaban J connectivity index is 0.00000207. The summed E-state index contributed by atoms with van der Waals surface area (Å²) in [6.07, 6.45) is 2.32. The number of carbonyl (C=O) groups excluding carboxylic acids is 2. The quantitative estimate of drug-likeness (QED) is 0.287. The van der Waals surface area contributed by atoms with Gasteiger partial charge >= 0.3 is 11.8 Å². The van der Waals surface area contributed by atoms with E-state index in [-0.39, 0.29) is 17.4 Å². The third-order valence-electron chi connectivity index (χ3n) is 6.09. The van der Waals surface area contributed by atoms with E-state index in [4.69, 9.17) is 10.5 Å². The van der Waals surface area contributed by atoms with Gasteiger partial charge in [-0.25, -0.2) is 29.1 Å². The third kappa shape index (κ3) is 6.53. The van der Waals surface area contributed by atoms with Crippen LogP contribution in [0.5, 0.6) is 0 Å². The molecule has 12 heteroatoms. The average Bonchev–Trinajstić information content (AvgIpc) is 3.30. The maximum atomic E-state index is 13.9. The molecule has 0 atom stereocenters. The monoisotopic (exact) mass is 582 g/mol. The number of nitrogens with zero attached hydrogens (tertiary/aromatic N) is 6. The number of rotatable bonds is 5. The molecule has 3 N–H and O–H groups in total. The summed E-state index contributed by atoms with van der Waals surface area (Å²) < 4.78 is 8.25. The first kappa shape index (κ1) is 30.4. The number of pyridine rings is 1. The minimum absolute atomic E-state index is 0.102. The molecule has 0 radical (unpaired) electrons. The van der Waals surface area contributed by atoms with Crippen LogP contribution >= 0.6 is 0 Å². The lowest BCUT2D eigenvalue weighted by atomic mass is 10.2. The van der Waals surface area contributed by atoms with E-state index in [9.17, 15) is 14.4 Å². The zero-order valence-electron chi connectivity index (χ0n) is 24.9. The molecule has 2 amide bonds. The van der Waals surface area contributed by atoms with Crippen LogP contribution in [0.25, 0.3) is 22.5 Å². The van der Waals surface area contributed by atoms with Crippen LogP contribution in [-0.2, 0) is 4.74 Å². The Hall–Kier alpha value is -5.52. The average molecular weight is 583 g/mol. The van der Waals surface area contributed by atoms with E-state index in [1.807, 2.05) is 13.8 Å². The smallest absolute Gasteiger partial charge is 0.414 e. The Morgan fingerprint density at radius 1 is 0.907 bits per heavy atom. The summed E-state index contributed by atoms with van der Waals surface area (Å²) in [4.78, 5) is 53.2. The highest BCUT2D eigenvalue weighted by Gasteiger charge is 2.23. The maximum Gasteiger partial charge on any atom is 0.414 e. The van der Waals surface area contributed by atoms with Crippen molar-refractivity contribution in [2.24, 2.45) is 0 Å². The molecule has 0 bridgehead atoms. The third-order valence-corrected chi connectivity index (χ3v) is 6.09. The number of hydrogen-bond acceptors (Lipinski definition) is 8. The second kappa shape index (κ2) is 12.6. The van der Waals surface area contributed by atoms with Crippen molar-refractivity contribution in [3.63, 3.8) is 0 Å². The van der Waals surface area contributed by atoms with Crippen LogP contribution in [0.3, 0.4) is 0 Å². The number of amides is 2. The summed E-state index contributed by atoms with van der Waals surface area (Å²) >= 11 is 0. The second-order valence-corrected chi connectivity index (χ2v) is 10.2. The van der Waals surface area contributed by atoms with E-state index in [1.54, 1.807) is 101 Å². The second-order valence-electron chi connectivity index (χ2n) is 10.2. The molecule has 3 heterocycles. The van der Waals surface area contributed by atoms with E-state index in [0.29, 0.717) is 34.0 Å². The minimum Gasteiger partial charge on any atom is -0.443 e. The Bertz CT molecular complexity index is 1810. The van der Waals surface area contributed by atoms with Gasteiger partial charge in [0.25, 0.3) is 5.91 Å². The fraction of sp³-hybridized carbons (Fsp3) is 0.226. The number of carbonyl (C=O) groups is 2. The molecule has 0 aliphatic heterocycles. The van der Waals surface area contributed by atoms with Gasteiger partial charge in [0.2, 0.25) is 0 Å². The standard InChI is InChI=1S/C29H28N8O4.C2H6/c1-29(2,3)41-28(40)35(4)20-8-7-9-21(16-20)37-25-23(24(30)32-17-33-25)36(27(37)39)19-13-11-18(12-14-19)26(38)34-22-10-5-6-15-31-22;1-2/h5-17H,1-4H3,(H2,30,32,33)(H,31,34,38);1-2H3. The highest BCUT2D eigenvalue weighted by Crippen LogP contribution is 2.25. The van der Waals surface area contributed by atoms with Gasteiger partial charge in [-0.1, -0.05) is 26.0 Å². The Kier molecular flexibility index (Phi) is 8.89. The van der Waals surface area contributed by atoms with Crippen molar-refractivity contribution in [1.82, 2.24) is 24.1 Å². The molecule has 2 aromatic carbocycles. The van der Waals surface area contributed by atoms with Gasteiger partial charge in [-0.15, -0.1) is 0 Å². The molecule has 12 nitrogen and oxygen atoms in total. The summed E-state index contributed by atoms with van der Waals surface area (Å²) in [7, 11) is 1.59. The van der Waals surface area contributed by atoms with Gasteiger partial charge in [-0.05, 0) is 75.4 Å². The zero-order chi connectivity index (χ0) is 31.3. The molecule has 3 aromatic heterocycles. The molecule has 43 heavy (non-hydrogen) atoms. The lowest BCUT2D eigenvalue weighted by Gasteiger charge is -2.25. The van der Waals surface area contributed by atoms with Crippen molar-refractivity contribution in [3.05, 3.63) is 95.3 Å². The number of nitrogen functional groups attached to an aromatic ring is 1. The number of nitrogens with two attached hydrogens (primary N) is 1. The van der Waals surface area contributed by atoms with Crippen LogP contribution < -0.4 is 21.6 Å². The van der Waals surface area contributed by atoms with Crippen LogP contribution in [0.1, 0.15) is 45.0 Å². The summed E-state index contributed by atoms with van der Waals surface area (Å²) in [5, 5.41) is 2.73. The SMILES string of the molecule is CC.CN(C(=O)OC(C)(C)C)c1cccc(-n2c(=O)n(-c3ccc(C(=O)Nc4ccccn4)cc3)c3c(N)ncnc32)c1. The zero-order valence-corrected chi connectivity index (χ0v) is 24.9. The molecule has 0 spiro atoms. The number of benzene rings is 2. The number of anilines is 3. The maximum absolute atomic E-state index is 13.9. The van der Waals surface area contributed by atoms with Crippen LogP contribution in [-0.4, -0.2) is 48.7 Å². The minimum atomic E-state index is -0.670. The number of nitrogens with one attached hydrogen (secondary N) is 1. The van der Waals surface area contributed by atoms with E-state index >= 15 is 0 Å². The molecule has 0 unspecified atom stereocenters. The lowest BCUT2D eigenvalue weighted by Crippen LogP contribution is -2.34. The van der Waals surface area contributed by atoms with Crippen LogP contribution in [0.4, 0.5) is 22.1 Å². The first-order valence-corrected chi connectivity index (χ1v) is 13.7. The van der Waals surface area contributed by atoms with Crippen molar-refractivity contribution in [2.45, 2.75) is 40.2 Å².